The zero-order valence-electron chi connectivity index (χ0n) is 10.8. The first-order valence-corrected chi connectivity index (χ1v) is 6.92. The lowest BCUT2D eigenvalue weighted by Crippen LogP contribution is -2.49. The summed E-state index contributed by atoms with van der Waals surface area (Å²) in [7, 11) is 0. The molecule has 4 heteroatoms. The number of piperidine rings is 1. The van der Waals surface area contributed by atoms with E-state index in [0.717, 1.165) is 32.5 Å². The fourth-order valence-electron chi connectivity index (χ4n) is 2.59. The van der Waals surface area contributed by atoms with Gasteiger partial charge >= 0.3 is 0 Å². The molecule has 2 aliphatic rings. The van der Waals surface area contributed by atoms with Gasteiger partial charge in [0.25, 0.3) is 0 Å². The van der Waals surface area contributed by atoms with Crippen molar-refractivity contribution in [2.45, 2.75) is 51.2 Å². The van der Waals surface area contributed by atoms with E-state index in [1.807, 2.05) is 11.8 Å². The molecule has 0 aromatic rings. The molecule has 0 bridgehead atoms. The Morgan fingerprint density at radius 2 is 2.00 bits per heavy atom. The Bertz CT molecular complexity index is 246. The van der Waals surface area contributed by atoms with Crippen molar-refractivity contribution in [3.8, 4) is 0 Å². The van der Waals surface area contributed by atoms with E-state index in [2.05, 4.69) is 5.32 Å². The second kappa shape index (κ2) is 6.36. The molecule has 0 radical (unpaired) electrons. The summed E-state index contributed by atoms with van der Waals surface area (Å²) in [4.78, 5) is 13.9. The molecule has 0 atom stereocenters. The summed E-state index contributed by atoms with van der Waals surface area (Å²) in [6, 6.07) is 0.486. The number of nitrogens with zero attached hydrogens (tertiary/aromatic N) is 1. The molecule has 1 aliphatic heterocycles. The lowest BCUT2D eigenvalue weighted by molar-refractivity contribution is -0.131. The lowest BCUT2D eigenvalue weighted by atomic mass is 9.89. The number of hydrogen-bond acceptors (Lipinski definition) is 3. The molecule has 1 heterocycles. The van der Waals surface area contributed by atoms with Crippen LogP contribution in [0.15, 0.2) is 0 Å². The largest absolute Gasteiger partial charge is 0.378 e. The van der Waals surface area contributed by atoms with Gasteiger partial charge in [-0.05, 0) is 39.0 Å². The van der Waals surface area contributed by atoms with E-state index in [0.29, 0.717) is 18.7 Å². The third-order valence-electron chi connectivity index (χ3n) is 3.75. The lowest BCUT2D eigenvalue weighted by Gasteiger charge is -2.36. The number of ether oxygens (including phenoxy) is 1. The predicted molar refractivity (Wildman–Crippen MR) is 66.9 cm³/mol. The Balaban J connectivity index is 1.57. The third kappa shape index (κ3) is 3.68. The molecule has 0 aromatic carbocycles. The zero-order chi connectivity index (χ0) is 12.1. The van der Waals surface area contributed by atoms with Gasteiger partial charge in [-0.2, -0.15) is 0 Å². The fraction of sp³-hybridized carbons (Fsp3) is 0.923. The maximum atomic E-state index is 11.9. The molecular formula is C13H24N2O2. The van der Waals surface area contributed by atoms with E-state index >= 15 is 0 Å². The average molecular weight is 240 g/mol. The van der Waals surface area contributed by atoms with Gasteiger partial charge in [0.2, 0.25) is 5.91 Å². The zero-order valence-corrected chi connectivity index (χ0v) is 10.8. The predicted octanol–water partition coefficient (Wildman–Crippen LogP) is 1.16. The molecular weight excluding hydrogens is 216 g/mol. The monoisotopic (exact) mass is 240 g/mol. The van der Waals surface area contributed by atoms with E-state index < -0.39 is 0 Å². The number of rotatable bonds is 5. The molecule has 0 spiro atoms. The number of amides is 1. The van der Waals surface area contributed by atoms with Crippen LogP contribution in [0.5, 0.6) is 0 Å². The van der Waals surface area contributed by atoms with Gasteiger partial charge in [-0.3, -0.25) is 4.79 Å². The molecule has 17 heavy (non-hydrogen) atoms. The summed E-state index contributed by atoms with van der Waals surface area (Å²) < 4.78 is 5.50. The number of nitrogens with one attached hydrogen (secondary N) is 1. The summed E-state index contributed by atoms with van der Waals surface area (Å²) in [5, 5.41) is 3.33. The van der Waals surface area contributed by atoms with Crippen LogP contribution in [0.25, 0.3) is 0 Å². The van der Waals surface area contributed by atoms with Crippen molar-refractivity contribution in [2.24, 2.45) is 0 Å². The summed E-state index contributed by atoms with van der Waals surface area (Å²) >= 11 is 0. The van der Waals surface area contributed by atoms with Gasteiger partial charge in [-0.15, -0.1) is 0 Å². The quantitative estimate of drug-likeness (QED) is 0.784. The van der Waals surface area contributed by atoms with Crippen LogP contribution >= 0.6 is 0 Å². The van der Waals surface area contributed by atoms with Gasteiger partial charge in [-0.25, -0.2) is 0 Å². The first-order valence-electron chi connectivity index (χ1n) is 6.92. The van der Waals surface area contributed by atoms with Crippen molar-refractivity contribution in [2.75, 3.05) is 26.2 Å². The minimum Gasteiger partial charge on any atom is -0.378 e. The molecule has 98 valence electrons. The minimum atomic E-state index is 0.268. The summed E-state index contributed by atoms with van der Waals surface area (Å²) in [6.07, 6.45) is 6.14. The molecule has 1 amide bonds. The van der Waals surface area contributed by atoms with Crippen LogP contribution in [0.4, 0.5) is 0 Å². The van der Waals surface area contributed by atoms with E-state index in [9.17, 15) is 4.79 Å². The molecule has 1 saturated heterocycles. The topological polar surface area (TPSA) is 41.6 Å². The van der Waals surface area contributed by atoms with Gasteiger partial charge in [0.15, 0.2) is 0 Å². The van der Waals surface area contributed by atoms with Crippen molar-refractivity contribution < 1.29 is 9.53 Å². The Morgan fingerprint density at radius 1 is 1.29 bits per heavy atom. The fourth-order valence-corrected chi connectivity index (χ4v) is 2.59. The standard InChI is InChI=1S/C13H24N2O2/c1-2-17-12-8-11(9-12)14-10-13(16)15-6-4-3-5-7-15/h11-12,14H,2-10H2,1H3. The second-order valence-electron chi connectivity index (χ2n) is 5.07. The van der Waals surface area contributed by atoms with Gasteiger partial charge in [0.1, 0.15) is 0 Å². The van der Waals surface area contributed by atoms with Crippen LogP contribution in [0.1, 0.15) is 39.0 Å². The number of carbonyl (C=O) groups excluding carboxylic acids is 1. The Morgan fingerprint density at radius 3 is 2.65 bits per heavy atom. The van der Waals surface area contributed by atoms with Gasteiger partial charge < -0.3 is 15.0 Å². The van der Waals surface area contributed by atoms with Crippen LogP contribution in [0.2, 0.25) is 0 Å². The molecule has 1 N–H and O–H groups in total. The van der Waals surface area contributed by atoms with E-state index in [1.165, 1.54) is 19.3 Å². The van der Waals surface area contributed by atoms with Crippen LogP contribution < -0.4 is 5.32 Å². The SMILES string of the molecule is CCOC1CC(NCC(=O)N2CCCCC2)C1. The molecule has 2 fully saturated rings. The first kappa shape index (κ1) is 12.8. The highest BCUT2D eigenvalue weighted by Crippen LogP contribution is 2.23. The molecule has 0 unspecified atom stereocenters. The van der Waals surface area contributed by atoms with Gasteiger partial charge in [-0.1, -0.05) is 0 Å². The van der Waals surface area contributed by atoms with Crippen molar-refractivity contribution in [1.82, 2.24) is 10.2 Å². The third-order valence-corrected chi connectivity index (χ3v) is 3.75. The van der Waals surface area contributed by atoms with Crippen molar-refractivity contribution >= 4 is 5.91 Å². The minimum absolute atomic E-state index is 0.268. The highest BCUT2D eigenvalue weighted by atomic mass is 16.5. The smallest absolute Gasteiger partial charge is 0.236 e. The Kier molecular flexibility index (Phi) is 4.80. The van der Waals surface area contributed by atoms with Crippen LogP contribution in [0, 0.1) is 0 Å². The molecule has 1 aliphatic carbocycles. The molecule has 4 nitrogen and oxygen atoms in total. The number of carbonyl (C=O) groups is 1. The van der Waals surface area contributed by atoms with Crippen molar-refractivity contribution in [1.29, 1.82) is 0 Å². The highest BCUT2D eigenvalue weighted by molar-refractivity contribution is 5.78. The van der Waals surface area contributed by atoms with E-state index in [4.69, 9.17) is 4.74 Å². The van der Waals surface area contributed by atoms with Crippen LogP contribution in [-0.4, -0.2) is 49.2 Å². The first-order chi connectivity index (χ1) is 8.29. The second-order valence-corrected chi connectivity index (χ2v) is 5.07. The van der Waals surface area contributed by atoms with Crippen molar-refractivity contribution in [3.05, 3.63) is 0 Å². The number of likely N-dealkylation sites (tertiary alicyclic amines) is 1. The highest BCUT2D eigenvalue weighted by Gasteiger charge is 2.29. The van der Waals surface area contributed by atoms with Crippen molar-refractivity contribution in [3.63, 3.8) is 0 Å². The molecule has 2 rings (SSSR count). The average Bonchev–Trinajstić information content (AvgIpc) is 2.32. The summed E-state index contributed by atoms with van der Waals surface area (Å²) in [5.74, 6) is 0.268. The molecule has 0 aromatic heterocycles. The normalized spacial score (nSPS) is 28.9. The summed E-state index contributed by atoms with van der Waals surface area (Å²) in [6.45, 7) is 5.23. The maximum absolute atomic E-state index is 11.9. The number of hydrogen-bond donors (Lipinski definition) is 1. The van der Waals surface area contributed by atoms with E-state index in [-0.39, 0.29) is 5.91 Å². The Labute approximate surface area is 104 Å². The molecule has 1 saturated carbocycles. The van der Waals surface area contributed by atoms with Gasteiger partial charge in [0, 0.05) is 25.7 Å². The Hall–Kier alpha value is -0.610. The van der Waals surface area contributed by atoms with Crippen LogP contribution in [-0.2, 0) is 9.53 Å². The van der Waals surface area contributed by atoms with Crippen LogP contribution in [0.3, 0.4) is 0 Å². The van der Waals surface area contributed by atoms with E-state index in [1.54, 1.807) is 0 Å². The summed E-state index contributed by atoms with van der Waals surface area (Å²) in [5.41, 5.74) is 0. The van der Waals surface area contributed by atoms with Gasteiger partial charge in [0.05, 0.1) is 12.6 Å². The maximum Gasteiger partial charge on any atom is 0.236 e.